The minimum absolute atomic E-state index is 0.175. The topological polar surface area (TPSA) is 63.0 Å². The smallest absolute Gasteiger partial charge is 0.307 e. The summed E-state index contributed by atoms with van der Waals surface area (Å²) in [6.45, 7) is 3.63. The van der Waals surface area contributed by atoms with Crippen LogP contribution in [-0.4, -0.2) is 62.0 Å². The number of carbonyl (C=O) groups excluding carboxylic acids is 2. The van der Waals surface area contributed by atoms with Crippen LogP contribution in [0.5, 0.6) is 0 Å². The molecular formula is C14H21BrN2O4. The second-order valence-corrected chi connectivity index (χ2v) is 5.54. The predicted molar refractivity (Wildman–Crippen MR) is 82.1 cm³/mol. The molecule has 0 atom stereocenters. The molecule has 1 amide bonds. The number of amides is 1. The highest BCUT2D eigenvalue weighted by molar-refractivity contribution is 9.10. The van der Waals surface area contributed by atoms with Crippen LogP contribution in [0.2, 0.25) is 0 Å². The highest BCUT2D eigenvalue weighted by atomic mass is 79.9. The van der Waals surface area contributed by atoms with E-state index in [4.69, 9.17) is 9.15 Å². The van der Waals surface area contributed by atoms with Crippen molar-refractivity contribution in [2.75, 3.05) is 40.3 Å². The van der Waals surface area contributed by atoms with Gasteiger partial charge in [-0.05, 0) is 49.1 Å². The van der Waals surface area contributed by atoms with Crippen LogP contribution in [0, 0.1) is 0 Å². The number of carbonyl (C=O) groups is 2. The molecule has 0 aliphatic heterocycles. The third-order valence-corrected chi connectivity index (χ3v) is 3.21. The standard InChI is InChI=1S/C14H21BrN2O4/c1-4-20-13(18)7-8-17(10-9-16(2)3)14(19)11-5-6-12(15)21-11/h5-6H,4,7-10H2,1-3H3. The Labute approximate surface area is 133 Å². The molecule has 0 bridgehead atoms. The number of nitrogens with zero attached hydrogens (tertiary/aromatic N) is 2. The Morgan fingerprint density at radius 3 is 2.48 bits per heavy atom. The summed E-state index contributed by atoms with van der Waals surface area (Å²) in [6.07, 6.45) is 0.175. The third-order valence-electron chi connectivity index (χ3n) is 2.78. The largest absolute Gasteiger partial charge is 0.466 e. The van der Waals surface area contributed by atoms with Crippen molar-refractivity contribution in [2.24, 2.45) is 0 Å². The maximum atomic E-state index is 12.4. The van der Waals surface area contributed by atoms with Gasteiger partial charge >= 0.3 is 5.97 Å². The molecule has 0 N–H and O–H groups in total. The van der Waals surface area contributed by atoms with Crippen LogP contribution in [0.1, 0.15) is 23.9 Å². The molecule has 0 aliphatic carbocycles. The lowest BCUT2D eigenvalue weighted by molar-refractivity contribution is -0.143. The van der Waals surface area contributed by atoms with Gasteiger partial charge in [-0.2, -0.15) is 0 Å². The van der Waals surface area contributed by atoms with E-state index >= 15 is 0 Å². The van der Waals surface area contributed by atoms with Gasteiger partial charge in [0.25, 0.3) is 5.91 Å². The van der Waals surface area contributed by atoms with Gasteiger partial charge in [0.2, 0.25) is 0 Å². The number of likely N-dealkylation sites (N-methyl/N-ethyl adjacent to an activating group) is 1. The van der Waals surface area contributed by atoms with Crippen molar-refractivity contribution in [3.05, 3.63) is 22.6 Å². The normalized spacial score (nSPS) is 10.7. The lowest BCUT2D eigenvalue weighted by atomic mass is 10.3. The van der Waals surface area contributed by atoms with Gasteiger partial charge in [-0.15, -0.1) is 0 Å². The quantitative estimate of drug-likeness (QED) is 0.663. The van der Waals surface area contributed by atoms with Crippen molar-refractivity contribution in [1.29, 1.82) is 0 Å². The Balaban J connectivity index is 2.67. The van der Waals surface area contributed by atoms with E-state index in [-0.39, 0.29) is 24.1 Å². The number of hydrogen-bond acceptors (Lipinski definition) is 5. The van der Waals surface area contributed by atoms with E-state index in [1.54, 1.807) is 24.0 Å². The second kappa shape index (κ2) is 8.84. The molecule has 1 aromatic rings. The van der Waals surface area contributed by atoms with E-state index in [1.165, 1.54) is 0 Å². The SMILES string of the molecule is CCOC(=O)CCN(CCN(C)C)C(=O)c1ccc(Br)o1. The van der Waals surface area contributed by atoms with Crippen molar-refractivity contribution in [3.63, 3.8) is 0 Å². The number of rotatable bonds is 8. The van der Waals surface area contributed by atoms with Crippen molar-refractivity contribution in [2.45, 2.75) is 13.3 Å². The molecule has 21 heavy (non-hydrogen) atoms. The third kappa shape index (κ3) is 6.31. The zero-order valence-electron chi connectivity index (χ0n) is 12.6. The van der Waals surface area contributed by atoms with Crippen LogP contribution >= 0.6 is 15.9 Å². The summed E-state index contributed by atoms with van der Waals surface area (Å²) in [6, 6.07) is 3.28. The number of esters is 1. The molecular weight excluding hydrogens is 340 g/mol. The molecule has 0 radical (unpaired) electrons. The second-order valence-electron chi connectivity index (χ2n) is 4.75. The van der Waals surface area contributed by atoms with Crippen LogP contribution in [0.3, 0.4) is 0 Å². The predicted octanol–water partition coefficient (Wildman–Crippen LogP) is 2.00. The van der Waals surface area contributed by atoms with Crippen molar-refractivity contribution >= 4 is 27.8 Å². The van der Waals surface area contributed by atoms with E-state index in [1.807, 2.05) is 19.0 Å². The van der Waals surface area contributed by atoms with Gasteiger partial charge in [0, 0.05) is 19.6 Å². The summed E-state index contributed by atoms with van der Waals surface area (Å²) in [5.41, 5.74) is 0. The van der Waals surface area contributed by atoms with Gasteiger partial charge in [-0.25, -0.2) is 0 Å². The molecule has 6 nitrogen and oxygen atoms in total. The van der Waals surface area contributed by atoms with Gasteiger partial charge in [-0.3, -0.25) is 9.59 Å². The Morgan fingerprint density at radius 1 is 1.24 bits per heavy atom. The summed E-state index contributed by atoms with van der Waals surface area (Å²) in [5.74, 6) is -0.280. The van der Waals surface area contributed by atoms with Gasteiger partial charge in [0.05, 0.1) is 13.0 Å². The Bertz CT molecular complexity index is 473. The highest BCUT2D eigenvalue weighted by Crippen LogP contribution is 2.16. The molecule has 1 rings (SSSR count). The number of halogens is 1. The first-order chi connectivity index (χ1) is 9.93. The van der Waals surface area contributed by atoms with Gasteiger partial charge in [0.1, 0.15) is 0 Å². The van der Waals surface area contributed by atoms with Crippen LogP contribution in [0.25, 0.3) is 0 Å². The first-order valence-electron chi connectivity index (χ1n) is 6.79. The maximum Gasteiger partial charge on any atom is 0.307 e. The maximum absolute atomic E-state index is 12.4. The molecule has 1 heterocycles. The summed E-state index contributed by atoms with van der Waals surface area (Å²) in [7, 11) is 3.86. The molecule has 1 aromatic heterocycles. The van der Waals surface area contributed by atoms with Crippen LogP contribution < -0.4 is 0 Å². The van der Waals surface area contributed by atoms with Crippen LogP contribution in [-0.2, 0) is 9.53 Å². The first-order valence-corrected chi connectivity index (χ1v) is 7.58. The van der Waals surface area contributed by atoms with E-state index in [0.717, 1.165) is 0 Å². The molecule has 0 aliphatic rings. The molecule has 0 saturated carbocycles. The Morgan fingerprint density at radius 2 is 1.95 bits per heavy atom. The lowest BCUT2D eigenvalue weighted by Gasteiger charge is -2.23. The fraction of sp³-hybridized carbons (Fsp3) is 0.571. The summed E-state index contributed by atoms with van der Waals surface area (Å²) in [5, 5.41) is 0. The Hall–Kier alpha value is -1.34. The minimum Gasteiger partial charge on any atom is -0.466 e. The van der Waals surface area contributed by atoms with Crippen LogP contribution in [0.15, 0.2) is 21.2 Å². The van der Waals surface area contributed by atoms with Gasteiger partial charge in [-0.1, -0.05) is 0 Å². The monoisotopic (exact) mass is 360 g/mol. The van der Waals surface area contributed by atoms with E-state index < -0.39 is 0 Å². The van der Waals surface area contributed by atoms with Gasteiger partial charge < -0.3 is 19.0 Å². The fourth-order valence-electron chi connectivity index (χ4n) is 1.68. The van der Waals surface area contributed by atoms with Crippen LogP contribution in [0.4, 0.5) is 0 Å². The first kappa shape index (κ1) is 17.7. The van der Waals surface area contributed by atoms with Crippen molar-refractivity contribution < 1.29 is 18.7 Å². The zero-order chi connectivity index (χ0) is 15.8. The molecule has 7 heteroatoms. The van der Waals surface area contributed by atoms with E-state index in [2.05, 4.69) is 15.9 Å². The molecule has 118 valence electrons. The Kier molecular flexibility index (Phi) is 7.45. The summed E-state index contributed by atoms with van der Waals surface area (Å²) >= 11 is 3.17. The van der Waals surface area contributed by atoms with E-state index in [9.17, 15) is 9.59 Å². The molecule has 0 spiro atoms. The number of furan rings is 1. The molecule has 0 unspecified atom stereocenters. The highest BCUT2D eigenvalue weighted by Gasteiger charge is 2.20. The van der Waals surface area contributed by atoms with Crippen molar-refractivity contribution in [1.82, 2.24) is 9.80 Å². The zero-order valence-corrected chi connectivity index (χ0v) is 14.2. The van der Waals surface area contributed by atoms with E-state index in [0.29, 0.717) is 30.9 Å². The number of hydrogen-bond donors (Lipinski definition) is 0. The lowest BCUT2D eigenvalue weighted by Crippen LogP contribution is -2.38. The average Bonchev–Trinajstić information content (AvgIpc) is 2.85. The minimum atomic E-state index is -0.305. The van der Waals surface area contributed by atoms with Gasteiger partial charge in [0.15, 0.2) is 10.4 Å². The van der Waals surface area contributed by atoms with Crippen molar-refractivity contribution in [3.8, 4) is 0 Å². The summed E-state index contributed by atoms with van der Waals surface area (Å²) in [4.78, 5) is 27.4. The molecule has 0 fully saturated rings. The molecule has 0 aromatic carbocycles. The summed E-state index contributed by atoms with van der Waals surface area (Å²) < 4.78 is 10.7. The molecule has 0 saturated heterocycles. The number of ether oxygens (including phenoxy) is 1. The average molecular weight is 361 g/mol. The fourth-order valence-corrected chi connectivity index (χ4v) is 1.99.